The Balaban J connectivity index is 2.55. The summed E-state index contributed by atoms with van der Waals surface area (Å²) < 4.78 is 38.0. The van der Waals surface area contributed by atoms with Crippen LogP contribution in [0, 0.1) is 5.92 Å². The second kappa shape index (κ2) is 6.11. The highest BCUT2D eigenvalue weighted by molar-refractivity contribution is 5.85. The van der Waals surface area contributed by atoms with Gasteiger partial charge in [0.2, 0.25) is 5.91 Å². The number of carbonyl (C=O) groups excluding carboxylic acids is 1. The van der Waals surface area contributed by atoms with Gasteiger partial charge in [0.15, 0.2) is 0 Å². The summed E-state index contributed by atoms with van der Waals surface area (Å²) in [6, 6.07) is -0.410. The third-order valence-corrected chi connectivity index (χ3v) is 3.76. The van der Waals surface area contributed by atoms with Crippen molar-refractivity contribution < 1.29 is 18.0 Å². The molecule has 0 radical (unpaired) electrons. The molecule has 3 unspecified atom stereocenters. The number of nitrogens with two attached hydrogens (primary N) is 1. The number of hydrogen-bond donors (Lipinski definition) is 2. The van der Waals surface area contributed by atoms with E-state index in [-0.39, 0.29) is 18.7 Å². The number of carbonyl (C=O) groups is 1. The zero-order valence-corrected chi connectivity index (χ0v) is 11.5. The molecule has 0 saturated heterocycles. The normalized spacial score (nSPS) is 27.7. The van der Waals surface area contributed by atoms with Crippen molar-refractivity contribution >= 4 is 5.91 Å². The van der Waals surface area contributed by atoms with Crippen molar-refractivity contribution in [2.24, 2.45) is 11.7 Å². The fraction of sp³-hybridized carbons (Fsp3) is 0.923. The van der Waals surface area contributed by atoms with Crippen LogP contribution in [0.5, 0.6) is 0 Å². The van der Waals surface area contributed by atoms with Gasteiger partial charge in [-0.25, -0.2) is 0 Å². The molecule has 1 aliphatic rings. The third kappa shape index (κ3) is 4.67. The van der Waals surface area contributed by atoms with E-state index in [0.29, 0.717) is 19.3 Å². The monoisotopic (exact) mass is 280 g/mol. The van der Waals surface area contributed by atoms with Gasteiger partial charge < -0.3 is 11.1 Å². The van der Waals surface area contributed by atoms with Gasteiger partial charge >= 0.3 is 6.18 Å². The molecular formula is C13H23F3N2O. The largest absolute Gasteiger partial charge is 0.391 e. The minimum Gasteiger partial charge on any atom is -0.352 e. The summed E-state index contributed by atoms with van der Waals surface area (Å²) in [7, 11) is 0. The lowest BCUT2D eigenvalue weighted by molar-refractivity contribution is -0.184. The van der Waals surface area contributed by atoms with E-state index in [1.807, 2.05) is 6.92 Å². The Kier molecular flexibility index (Phi) is 5.24. The predicted molar refractivity (Wildman–Crippen MR) is 67.4 cm³/mol. The number of halogens is 3. The van der Waals surface area contributed by atoms with Crippen molar-refractivity contribution in [3.63, 3.8) is 0 Å². The smallest absolute Gasteiger partial charge is 0.352 e. The van der Waals surface area contributed by atoms with Crippen molar-refractivity contribution in [3.8, 4) is 0 Å². The second-order valence-corrected chi connectivity index (χ2v) is 5.74. The topological polar surface area (TPSA) is 55.1 Å². The Bertz CT molecular complexity index is 316. The first-order valence-electron chi connectivity index (χ1n) is 6.83. The van der Waals surface area contributed by atoms with E-state index >= 15 is 0 Å². The molecule has 0 heterocycles. The summed E-state index contributed by atoms with van der Waals surface area (Å²) in [5.41, 5.74) is 4.87. The lowest BCUT2D eigenvalue weighted by Crippen LogP contribution is -2.55. The zero-order valence-electron chi connectivity index (χ0n) is 11.5. The van der Waals surface area contributed by atoms with Crippen LogP contribution in [-0.4, -0.2) is 23.7 Å². The SMILES string of the molecule is CCCC(C)(N)C(=O)NC1CCCC(C(F)(F)F)C1. The average Bonchev–Trinajstić information content (AvgIpc) is 2.28. The summed E-state index contributed by atoms with van der Waals surface area (Å²) in [6.45, 7) is 3.54. The molecule has 6 heteroatoms. The molecular weight excluding hydrogens is 257 g/mol. The molecule has 0 bridgehead atoms. The fourth-order valence-electron chi connectivity index (χ4n) is 2.60. The summed E-state index contributed by atoms with van der Waals surface area (Å²) in [6.07, 6.45) is -1.67. The van der Waals surface area contributed by atoms with Gasteiger partial charge in [-0.2, -0.15) is 13.2 Å². The Morgan fingerprint density at radius 2 is 2.00 bits per heavy atom. The van der Waals surface area contributed by atoms with Crippen molar-refractivity contribution in [2.75, 3.05) is 0 Å². The fourth-order valence-corrected chi connectivity index (χ4v) is 2.60. The summed E-state index contributed by atoms with van der Waals surface area (Å²) in [5, 5.41) is 2.68. The number of alkyl halides is 3. The quantitative estimate of drug-likeness (QED) is 0.832. The Morgan fingerprint density at radius 3 is 2.53 bits per heavy atom. The molecule has 112 valence electrons. The van der Waals surface area contributed by atoms with E-state index in [9.17, 15) is 18.0 Å². The van der Waals surface area contributed by atoms with E-state index in [1.165, 1.54) is 0 Å². The third-order valence-electron chi connectivity index (χ3n) is 3.76. The van der Waals surface area contributed by atoms with Gasteiger partial charge in [0, 0.05) is 6.04 Å². The van der Waals surface area contributed by atoms with E-state index in [2.05, 4.69) is 5.32 Å². The van der Waals surface area contributed by atoms with Gasteiger partial charge in [-0.05, 0) is 32.6 Å². The first-order valence-corrected chi connectivity index (χ1v) is 6.83. The molecule has 1 aliphatic carbocycles. The van der Waals surface area contributed by atoms with Crippen LogP contribution in [0.3, 0.4) is 0 Å². The van der Waals surface area contributed by atoms with Crippen LogP contribution in [0.15, 0.2) is 0 Å². The van der Waals surface area contributed by atoms with E-state index < -0.39 is 23.7 Å². The van der Waals surface area contributed by atoms with Gasteiger partial charge in [-0.3, -0.25) is 4.79 Å². The van der Waals surface area contributed by atoms with E-state index in [1.54, 1.807) is 6.92 Å². The maximum Gasteiger partial charge on any atom is 0.391 e. The van der Waals surface area contributed by atoms with Crippen molar-refractivity contribution in [2.45, 2.75) is 70.1 Å². The minimum absolute atomic E-state index is 0.0303. The van der Waals surface area contributed by atoms with Crippen LogP contribution in [-0.2, 0) is 4.79 Å². The zero-order chi connectivity index (χ0) is 14.7. The molecule has 1 rings (SSSR count). The van der Waals surface area contributed by atoms with Gasteiger partial charge in [-0.1, -0.05) is 19.8 Å². The first kappa shape index (κ1) is 16.3. The lowest BCUT2D eigenvalue weighted by Gasteiger charge is -2.33. The minimum atomic E-state index is -4.17. The summed E-state index contributed by atoms with van der Waals surface area (Å²) in [5.74, 6) is -1.65. The molecule has 1 fully saturated rings. The lowest BCUT2D eigenvalue weighted by atomic mass is 9.84. The molecule has 3 N–H and O–H groups in total. The van der Waals surface area contributed by atoms with E-state index in [4.69, 9.17) is 5.73 Å². The van der Waals surface area contributed by atoms with Crippen molar-refractivity contribution in [3.05, 3.63) is 0 Å². The first-order chi connectivity index (χ1) is 8.66. The molecule has 0 aromatic rings. The predicted octanol–water partition coefficient (Wildman–Crippen LogP) is 2.74. The van der Waals surface area contributed by atoms with Gasteiger partial charge in [0.25, 0.3) is 0 Å². The molecule has 1 amide bonds. The van der Waals surface area contributed by atoms with E-state index in [0.717, 1.165) is 6.42 Å². The van der Waals surface area contributed by atoms with Gasteiger partial charge in [-0.15, -0.1) is 0 Å². The maximum absolute atomic E-state index is 12.7. The number of nitrogens with one attached hydrogen (secondary N) is 1. The Morgan fingerprint density at radius 1 is 1.37 bits per heavy atom. The number of hydrogen-bond acceptors (Lipinski definition) is 2. The Labute approximate surface area is 112 Å². The van der Waals surface area contributed by atoms with Crippen molar-refractivity contribution in [1.29, 1.82) is 0 Å². The maximum atomic E-state index is 12.7. The van der Waals surface area contributed by atoms with Gasteiger partial charge in [0.05, 0.1) is 11.5 Å². The molecule has 3 nitrogen and oxygen atoms in total. The second-order valence-electron chi connectivity index (χ2n) is 5.74. The van der Waals surface area contributed by atoms with Crippen molar-refractivity contribution in [1.82, 2.24) is 5.32 Å². The summed E-state index contributed by atoms with van der Waals surface area (Å²) in [4.78, 5) is 12.0. The highest BCUT2D eigenvalue weighted by Crippen LogP contribution is 2.37. The van der Waals surface area contributed by atoms with Crippen LogP contribution in [0.1, 0.15) is 52.4 Å². The Hall–Kier alpha value is -0.780. The average molecular weight is 280 g/mol. The van der Waals surface area contributed by atoms with Crippen LogP contribution in [0.25, 0.3) is 0 Å². The molecule has 19 heavy (non-hydrogen) atoms. The molecule has 0 aromatic carbocycles. The molecule has 0 aromatic heterocycles. The number of rotatable bonds is 4. The van der Waals surface area contributed by atoms with Crippen LogP contribution < -0.4 is 11.1 Å². The molecule has 3 atom stereocenters. The van der Waals surface area contributed by atoms with Crippen LogP contribution in [0.2, 0.25) is 0 Å². The van der Waals surface area contributed by atoms with Gasteiger partial charge in [0.1, 0.15) is 0 Å². The molecule has 0 spiro atoms. The number of amides is 1. The highest BCUT2D eigenvalue weighted by Gasteiger charge is 2.43. The highest BCUT2D eigenvalue weighted by atomic mass is 19.4. The standard InChI is InChI=1S/C13H23F3N2O/c1-3-7-12(2,17)11(19)18-10-6-4-5-9(8-10)13(14,15)16/h9-10H,3-8,17H2,1-2H3,(H,18,19). The van der Waals surface area contributed by atoms with Crippen LogP contribution >= 0.6 is 0 Å². The van der Waals surface area contributed by atoms with Crippen LogP contribution in [0.4, 0.5) is 13.2 Å². The summed E-state index contributed by atoms with van der Waals surface area (Å²) >= 11 is 0. The molecule has 0 aliphatic heterocycles. The molecule has 1 saturated carbocycles.